The van der Waals surface area contributed by atoms with E-state index in [9.17, 15) is 4.79 Å². The molecule has 1 heterocycles. The van der Waals surface area contributed by atoms with Crippen molar-refractivity contribution in [2.24, 2.45) is 0 Å². The molecule has 0 bridgehead atoms. The first-order chi connectivity index (χ1) is 9.10. The summed E-state index contributed by atoms with van der Waals surface area (Å²) in [7, 11) is 0. The first-order valence-corrected chi connectivity index (χ1v) is 5.91. The van der Waals surface area contributed by atoms with Gasteiger partial charge in [0.2, 0.25) is 11.8 Å². The van der Waals surface area contributed by atoms with Crippen LogP contribution < -0.4 is 5.32 Å². The number of hydrogen-bond donors (Lipinski definition) is 2. The highest BCUT2D eigenvalue weighted by Gasteiger charge is 2.16. The van der Waals surface area contributed by atoms with E-state index in [1.54, 1.807) is 38.1 Å². The molecule has 1 aromatic heterocycles. The number of amides is 1. The summed E-state index contributed by atoms with van der Waals surface area (Å²) in [4.78, 5) is 12.0. The fourth-order valence-corrected chi connectivity index (χ4v) is 1.59. The molecule has 0 fully saturated rings. The molecule has 6 nitrogen and oxygen atoms in total. The fourth-order valence-electron chi connectivity index (χ4n) is 1.59. The molecule has 0 aliphatic heterocycles. The van der Waals surface area contributed by atoms with E-state index >= 15 is 0 Å². The molecule has 0 saturated heterocycles. The monoisotopic (exact) mass is 261 g/mol. The van der Waals surface area contributed by atoms with Gasteiger partial charge in [0.1, 0.15) is 6.04 Å². The molecule has 2 aromatic rings. The van der Waals surface area contributed by atoms with Crippen LogP contribution in [0.4, 0.5) is 0 Å². The van der Waals surface area contributed by atoms with Crippen molar-refractivity contribution in [3.05, 3.63) is 47.2 Å². The second-order valence-corrected chi connectivity index (χ2v) is 4.21. The Balaban J connectivity index is 2.03. The van der Waals surface area contributed by atoms with Crippen LogP contribution >= 0.6 is 0 Å². The molecule has 0 saturated carbocycles. The highest BCUT2D eigenvalue weighted by Crippen LogP contribution is 2.11. The molecule has 0 aliphatic carbocycles. The van der Waals surface area contributed by atoms with Gasteiger partial charge >= 0.3 is 0 Å². The lowest BCUT2D eigenvalue weighted by atomic mass is 10.1. The van der Waals surface area contributed by atoms with E-state index in [-0.39, 0.29) is 18.6 Å². The quantitative estimate of drug-likeness (QED) is 0.867. The number of hydrogen-bond acceptors (Lipinski definition) is 5. The minimum atomic E-state index is -0.355. The third kappa shape index (κ3) is 3.17. The predicted molar refractivity (Wildman–Crippen MR) is 67.3 cm³/mol. The number of aryl methyl sites for hydroxylation is 1. The maximum Gasteiger partial charge on any atom is 0.251 e. The van der Waals surface area contributed by atoms with Crippen LogP contribution in [0, 0.1) is 6.92 Å². The normalized spacial score (nSPS) is 12.2. The van der Waals surface area contributed by atoms with Gasteiger partial charge in [0.15, 0.2) is 0 Å². The smallest absolute Gasteiger partial charge is 0.251 e. The largest absolute Gasteiger partial charge is 0.423 e. The minimum Gasteiger partial charge on any atom is -0.423 e. The third-order valence-corrected chi connectivity index (χ3v) is 2.66. The fraction of sp³-hybridized carbons (Fsp3) is 0.308. The van der Waals surface area contributed by atoms with Crippen molar-refractivity contribution in [1.82, 2.24) is 15.5 Å². The van der Waals surface area contributed by atoms with Gasteiger partial charge in [0.05, 0.1) is 6.61 Å². The lowest BCUT2D eigenvalue weighted by Gasteiger charge is -2.10. The number of carbonyl (C=O) groups excluding carboxylic acids is 1. The van der Waals surface area contributed by atoms with Gasteiger partial charge in [-0.25, -0.2) is 0 Å². The molecule has 1 atom stereocenters. The number of benzene rings is 1. The molecule has 2 N–H and O–H groups in total. The lowest BCUT2D eigenvalue weighted by Crippen LogP contribution is -2.26. The van der Waals surface area contributed by atoms with Crippen molar-refractivity contribution in [3.63, 3.8) is 0 Å². The second kappa shape index (κ2) is 5.62. The minimum absolute atomic E-state index is 0.0421. The Bertz CT molecular complexity index is 563. The summed E-state index contributed by atoms with van der Waals surface area (Å²) in [6.07, 6.45) is 0. The van der Waals surface area contributed by atoms with E-state index < -0.39 is 0 Å². The highest BCUT2D eigenvalue weighted by molar-refractivity contribution is 5.94. The maximum absolute atomic E-state index is 12.0. The van der Waals surface area contributed by atoms with E-state index in [4.69, 9.17) is 9.52 Å². The molecule has 0 spiro atoms. The number of nitrogens with zero attached hydrogens (tertiary/aromatic N) is 2. The molecule has 100 valence electrons. The Kier molecular flexibility index (Phi) is 3.91. The number of nitrogens with one attached hydrogen (secondary N) is 1. The zero-order chi connectivity index (χ0) is 13.8. The molecule has 1 amide bonds. The number of aromatic nitrogens is 2. The molecule has 0 radical (unpaired) electrons. The average Bonchev–Trinajstić information content (AvgIpc) is 2.85. The van der Waals surface area contributed by atoms with Crippen molar-refractivity contribution >= 4 is 5.91 Å². The summed E-state index contributed by atoms with van der Waals surface area (Å²) in [5.74, 6) is 0.606. The van der Waals surface area contributed by atoms with Gasteiger partial charge in [0.25, 0.3) is 5.91 Å². The van der Waals surface area contributed by atoms with Crippen LogP contribution in [0.1, 0.15) is 40.7 Å². The molecular formula is C13H15N3O3. The average molecular weight is 261 g/mol. The van der Waals surface area contributed by atoms with Crippen LogP contribution in [0.3, 0.4) is 0 Å². The molecule has 2 rings (SSSR count). The summed E-state index contributed by atoms with van der Waals surface area (Å²) in [5.41, 5.74) is 1.28. The highest BCUT2D eigenvalue weighted by atomic mass is 16.4. The van der Waals surface area contributed by atoms with E-state index in [2.05, 4.69) is 15.5 Å². The maximum atomic E-state index is 12.0. The zero-order valence-corrected chi connectivity index (χ0v) is 10.8. The molecule has 19 heavy (non-hydrogen) atoms. The van der Waals surface area contributed by atoms with E-state index in [0.717, 1.165) is 5.56 Å². The summed E-state index contributed by atoms with van der Waals surface area (Å²) in [5, 5.41) is 19.3. The van der Waals surface area contributed by atoms with Crippen molar-refractivity contribution < 1.29 is 14.3 Å². The van der Waals surface area contributed by atoms with Crippen LogP contribution in [0.15, 0.2) is 28.7 Å². The van der Waals surface area contributed by atoms with Gasteiger partial charge < -0.3 is 14.8 Å². The van der Waals surface area contributed by atoms with Gasteiger partial charge in [-0.1, -0.05) is 12.1 Å². The van der Waals surface area contributed by atoms with E-state index in [0.29, 0.717) is 17.3 Å². The predicted octanol–water partition coefficient (Wildman–Crippen LogP) is 1.36. The van der Waals surface area contributed by atoms with Crippen LogP contribution in [-0.4, -0.2) is 21.2 Å². The van der Waals surface area contributed by atoms with Crippen molar-refractivity contribution in [2.45, 2.75) is 26.5 Å². The summed E-state index contributed by atoms with van der Waals surface area (Å²) in [6, 6.07) is 6.37. The summed E-state index contributed by atoms with van der Waals surface area (Å²) in [6.45, 7) is 3.42. The topological polar surface area (TPSA) is 88.2 Å². The Labute approximate surface area is 110 Å². The van der Waals surface area contributed by atoms with Crippen LogP contribution in [-0.2, 0) is 6.61 Å². The Morgan fingerprint density at radius 2 is 2.05 bits per heavy atom. The van der Waals surface area contributed by atoms with E-state index in [1.165, 1.54) is 0 Å². The van der Waals surface area contributed by atoms with Crippen molar-refractivity contribution in [3.8, 4) is 0 Å². The van der Waals surface area contributed by atoms with Crippen LogP contribution in [0.5, 0.6) is 0 Å². The van der Waals surface area contributed by atoms with E-state index in [1.807, 2.05) is 0 Å². The van der Waals surface area contributed by atoms with Gasteiger partial charge in [-0.05, 0) is 24.6 Å². The molecular weight excluding hydrogens is 246 g/mol. The van der Waals surface area contributed by atoms with Crippen molar-refractivity contribution in [2.75, 3.05) is 0 Å². The molecule has 0 aliphatic rings. The number of aliphatic hydroxyl groups is 1. The third-order valence-electron chi connectivity index (χ3n) is 2.66. The van der Waals surface area contributed by atoms with Gasteiger partial charge in [-0.15, -0.1) is 10.2 Å². The number of aliphatic hydroxyl groups excluding tert-OH is 1. The second-order valence-electron chi connectivity index (χ2n) is 4.21. The number of rotatable bonds is 4. The molecule has 1 aromatic carbocycles. The van der Waals surface area contributed by atoms with Crippen LogP contribution in [0.25, 0.3) is 0 Å². The molecule has 6 heteroatoms. The van der Waals surface area contributed by atoms with Crippen molar-refractivity contribution in [1.29, 1.82) is 0 Å². The standard InChI is InChI=1S/C13H15N3O3/c1-8(13-16-15-9(2)19-13)14-12(18)11-5-3-10(7-17)4-6-11/h3-6,8,17H,7H2,1-2H3,(H,14,18)/t8-/m0/s1. The van der Waals surface area contributed by atoms with Crippen LogP contribution in [0.2, 0.25) is 0 Å². The first kappa shape index (κ1) is 13.2. The zero-order valence-electron chi connectivity index (χ0n) is 10.8. The summed E-state index contributed by atoms with van der Waals surface area (Å²) >= 11 is 0. The van der Waals surface area contributed by atoms with Gasteiger partial charge in [-0.3, -0.25) is 4.79 Å². The van der Waals surface area contributed by atoms with Gasteiger partial charge in [0, 0.05) is 12.5 Å². The summed E-state index contributed by atoms with van der Waals surface area (Å²) < 4.78 is 5.25. The number of carbonyl (C=O) groups is 1. The SMILES string of the molecule is Cc1nnc([C@H](C)NC(=O)c2ccc(CO)cc2)o1. The van der Waals surface area contributed by atoms with Gasteiger partial charge in [-0.2, -0.15) is 0 Å². The molecule has 0 unspecified atom stereocenters. The Morgan fingerprint density at radius 3 is 2.58 bits per heavy atom. The Hall–Kier alpha value is -2.21. The lowest BCUT2D eigenvalue weighted by molar-refractivity contribution is 0.0934. The Morgan fingerprint density at radius 1 is 1.37 bits per heavy atom. The first-order valence-electron chi connectivity index (χ1n) is 5.91.